The molecule has 0 spiro atoms. The molecule has 19 heavy (non-hydrogen) atoms. The van der Waals surface area contributed by atoms with E-state index in [1.807, 2.05) is 17.6 Å². The molecule has 0 N–H and O–H groups in total. The summed E-state index contributed by atoms with van der Waals surface area (Å²) in [6, 6.07) is 10.3. The van der Waals surface area contributed by atoms with Gasteiger partial charge in [-0.2, -0.15) is 0 Å². The number of rotatable bonds is 2. The zero-order valence-corrected chi connectivity index (χ0v) is 12.5. The highest BCUT2D eigenvalue weighted by atomic mass is 35.5. The number of hydrogen-bond donors (Lipinski definition) is 0. The molecule has 0 aliphatic heterocycles. The van der Waals surface area contributed by atoms with Crippen LogP contribution in [0, 0.1) is 6.92 Å². The third-order valence-corrected chi connectivity index (χ3v) is 4.55. The highest BCUT2D eigenvalue weighted by Crippen LogP contribution is 2.37. The first-order chi connectivity index (χ1) is 9.20. The normalized spacial score (nSPS) is 11.1. The summed E-state index contributed by atoms with van der Waals surface area (Å²) in [4.78, 5) is 4.45. The molecule has 0 unspecified atom stereocenters. The van der Waals surface area contributed by atoms with Crippen molar-refractivity contribution in [1.82, 2.24) is 4.98 Å². The van der Waals surface area contributed by atoms with Crippen LogP contribution >= 0.6 is 22.9 Å². The van der Waals surface area contributed by atoms with Crippen LogP contribution in [-0.4, -0.2) is 4.98 Å². The quantitative estimate of drug-likeness (QED) is 0.607. The molecule has 0 saturated carbocycles. The molecular weight excluding hydrogens is 274 g/mol. The highest BCUT2D eigenvalue weighted by molar-refractivity contribution is 7.17. The van der Waals surface area contributed by atoms with E-state index in [1.165, 1.54) is 27.0 Å². The van der Waals surface area contributed by atoms with Crippen molar-refractivity contribution >= 4 is 33.2 Å². The summed E-state index contributed by atoms with van der Waals surface area (Å²) < 4.78 is 1.27. The molecule has 1 aromatic heterocycles. The van der Waals surface area contributed by atoms with Crippen molar-refractivity contribution in [1.29, 1.82) is 0 Å². The molecule has 3 rings (SSSR count). The lowest BCUT2D eigenvalue weighted by atomic mass is 9.94. The van der Waals surface area contributed by atoms with Crippen molar-refractivity contribution in [2.45, 2.75) is 20.3 Å². The molecule has 2 aromatic carbocycles. The number of halogens is 1. The fourth-order valence-corrected chi connectivity index (χ4v) is 3.54. The second kappa shape index (κ2) is 4.95. The largest absolute Gasteiger partial charge is 0.245 e. The Labute approximate surface area is 121 Å². The predicted octanol–water partition coefficient (Wildman–Crippen LogP) is 5.49. The number of aryl methyl sites for hydroxylation is 1. The smallest absolute Gasteiger partial charge is 0.0821 e. The minimum atomic E-state index is 0.773. The van der Waals surface area contributed by atoms with Crippen LogP contribution in [-0.2, 0) is 6.42 Å². The van der Waals surface area contributed by atoms with Crippen LogP contribution in [0.1, 0.15) is 18.1 Å². The lowest BCUT2D eigenvalue weighted by Crippen LogP contribution is -1.93. The maximum atomic E-state index is 5.99. The van der Waals surface area contributed by atoms with Crippen LogP contribution in [0.15, 0.2) is 35.8 Å². The van der Waals surface area contributed by atoms with E-state index >= 15 is 0 Å². The van der Waals surface area contributed by atoms with E-state index < -0.39 is 0 Å². The molecule has 3 heteroatoms. The van der Waals surface area contributed by atoms with Gasteiger partial charge in [0.1, 0.15) is 0 Å². The lowest BCUT2D eigenvalue weighted by molar-refractivity contribution is 1.12. The fourth-order valence-electron chi connectivity index (χ4n) is 2.55. The van der Waals surface area contributed by atoms with Gasteiger partial charge >= 0.3 is 0 Å². The van der Waals surface area contributed by atoms with E-state index in [0.717, 1.165) is 17.0 Å². The van der Waals surface area contributed by atoms with Gasteiger partial charge in [-0.3, -0.25) is 0 Å². The summed E-state index contributed by atoms with van der Waals surface area (Å²) in [7, 11) is 0. The SMILES string of the molecule is CCc1c(C)cc2ncsc2c1-c1ccc(Cl)cc1. The Morgan fingerprint density at radius 1 is 1.21 bits per heavy atom. The summed E-state index contributed by atoms with van der Waals surface area (Å²) in [5.41, 5.74) is 8.26. The first-order valence-corrected chi connectivity index (χ1v) is 7.58. The van der Waals surface area contributed by atoms with E-state index in [2.05, 4.69) is 37.0 Å². The molecule has 0 aliphatic carbocycles. The summed E-state index contributed by atoms with van der Waals surface area (Å²) in [5.74, 6) is 0. The van der Waals surface area contributed by atoms with Gasteiger partial charge in [-0.05, 0) is 48.2 Å². The molecule has 0 saturated heterocycles. The van der Waals surface area contributed by atoms with Crippen LogP contribution in [0.25, 0.3) is 21.3 Å². The van der Waals surface area contributed by atoms with Crippen LogP contribution in [0.5, 0.6) is 0 Å². The number of thiazole rings is 1. The third-order valence-electron chi connectivity index (χ3n) is 3.44. The van der Waals surface area contributed by atoms with Crippen molar-refractivity contribution < 1.29 is 0 Å². The maximum absolute atomic E-state index is 5.99. The Balaban J connectivity index is 2.36. The molecule has 0 aliphatic rings. The molecule has 0 bridgehead atoms. The van der Waals surface area contributed by atoms with Gasteiger partial charge in [-0.1, -0.05) is 30.7 Å². The molecule has 96 valence electrons. The van der Waals surface area contributed by atoms with Gasteiger partial charge in [0.05, 0.1) is 15.7 Å². The van der Waals surface area contributed by atoms with Crippen molar-refractivity contribution in [2.24, 2.45) is 0 Å². The predicted molar refractivity (Wildman–Crippen MR) is 84.2 cm³/mol. The number of benzene rings is 2. The molecular formula is C16H14ClNS. The molecule has 0 atom stereocenters. The van der Waals surface area contributed by atoms with Gasteiger partial charge in [0.15, 0.2) is 0 Å². The minimum absolute atomic E-state index is 0.773. The summed E-state index contributed by atoms with van der Waals surface area (Å²) >= 11 is 7.70. The topological polar surface area (TPSA) is 12.9 Å². The number of hydrogen-bond acceptors (Lipinski definition) is 2. The van der Waals surface area contributed by atoms with E-state index in [0.29, 0.717) is 0 Å². The van der Waals surface area contributed by atoms with Gasteiger partial charge in [-0.25, -0.2) is 4.98 Å². The van der Waals surface area contributed by atoms with E-state index in [1.54, 1.807) is 11.3 Å². The van der Waals surface area contributed by atoms with E-state index in [-0.39, 0.29) is 0 Å². The van der Waals surface area contributed by atoms with Gasteiger partial charge in [0.2, 0.25) is 0 Å². The Bertz CT molecular complexity index is 728. The van der Waals surface area contributed by atoms with E-state index in [9.17, 15) is 0 Å². The van der Waals surface area contributed by atoms with Crippen LogP contribution in [0.4, 0.5) is 0 Å². The summed E-state index contributed by atoms with van der Waals surface area (Å²) in [6.45, 7) is 4.37. The Morgan fingerprint density at radius 3 is 2.63 bits per heavy atom. The summed E-state index contributed by atoms with van der Waals surface area (Å²) in [5, 5.41) is 0.773. The Morgan fingerprint density at radius 2 is 1.95 bits per heavy atom. The molecule has 1 nitrogen and oxygen atoms in total. The van der Waals surface area contributed by atoms with Gasteiger partial charge in [-0.15, -0.1) is 11.3 Å². The van der Waals surface area contributed by atoms with Crippen LogP contribution < -0.4 is 0 Å². The molecule has 1 heterocycles. The molecule has 3 aromatic rings. The minimum Gasteiger partial charge on any atom is -0.245 e. The van der Waals surface area contributed by atoms with Crippen molar-refractivity contribution in [3.63, 3.8) is 0 Å². The average Bonchev–Trinajstić information content (AvgIpc) is 2.86. The fraction of sp³-hybridized carbons (Fsp3) is 0.188. The first-order valence-electron chi connectivity index (χ1n) is 6.32. The van der Waals surface area contributed by atoms with Crippen LogP contribution in [0.3, 0.4) is 0 Å². The highest BCUT2D eigenvalue weighted by Gasteiger charge is 2.13. The monoisotopic (exact) mass is 287 g/mol. The second-order valence-corrected chi connectivity index (χ2v) is 5.90. The number of fused-ring (bicyclic) bond motifs is 1. The number of nitrogens with zero attached hydrogens (tertiary/aromatic N) is 1. The number of aromatic nitrogens is 1. The molecule has 0 radical (unpaired) electrons. The average molecular weight is 288 g/mol. The first kappa shape index (κ1) is 12.6. The van der Waals surface area contributed by atoms with Crippen molar-refractivity contribution in [3.05, 3.63) is 52.0 Å². The van der Waals surface area contributed by atoms with Gasteiger partial charge in [0.25, 0.3) is 0 Å². The molecule has 0 amide bonds. The molecule has 0 fully saturated rings. The lowest BCUT2D eigenvalue weighted by Gasteiger charge is -2.12. The van der Waals surface area contributed by atoms with Gasteiger partial charge < -0.3 is 0 Å². The van der Waals surface area contributed by atoms with E-state index in [4.69, 9.17) is 11.6 Å². The van der Waals surface area contributed by atoms with Gasteiger partial charge in [0, 0.05) is 10.6 Å². The zero-order chi connectivity index (χ0) is 13.4. The van der Waals surface area contributed by atoms with Crippen LogP contribution in [0.2, 0.25) is 5.02 Å². The van der Waals surface area contributed by atoms with Crippen molar-refractivity contribution in [2.75, 3.05) is 0 Å². The second-order valence-electron chi connectivity index (χ2n) is 4.61. The summed E-state index contributed by atoms with van der Waals surface area (Å²) in [6.07, 6.45) is 1.03. The standard InChI is InChI=1S/C16H14ClNS/c1-3-13-10(2)8-14-16(19-9-18-14)15(13)11-4-6-12(17)7-5-11/h4-9H,3H2,1-2H3. The zero-order valence-electron chi connectivity index (χ0n) is 10.9. The van der Waals surface area contributed by atoms with Crippen molar-refractivity contribution in [3.8, 4) is 11.1 Å². The maximum Gasteiger partial charge on any atom is 0.0821 e. The Kier molecular flexibility index (Phi) is 3.29. The third kappa shape index (κ3) is 2.15. The Hall–Kier alpha value is -1.38.